The first kappa shape index (κ1) is 18.8. The van der Waals surface area contributed by atoms with Gasteiger partial charge in [0.2, 0.25) is 5.91 Å². The van der Waals surface area contributed by atoms with Crippen LogP contribution in [-0.4, -0.2) is 42.0 Å². The highest BCUT2D eigenvalue weighted by Crippen LogP contribution is 2.30. The Morgan fingerprint density at radius 3 is 2.74 bits per heavy atom. The van der Waals surface area contributed by atoms with Gasteiger partial charge < -0.3 is 9.73 Å². The molecule has 2 fully saturated rings. The quantitative estimate of drug-likeness (QED) is 0.825. The van der Waals surface area contributed by atoms with E-state index in [4.69, 9.17) is 16.0 Å². The lowest BCUT2D eigenvalue weighted by molar-refractivity contribution is -0.122. The SMILES string of the molecule is O=C(CN1CCC(c2nc3cc(Cl)ccc3o2)CC1)NCC1CCCCC1. The third-order valence-corrected chi connectivity index (χ3v) is 6.22. The van der Waals surface area contributed by atoms with Gasteiger partial charge in [-0.25, -0.2) is 4.98 Å². The fourth-order valence-electron chi connectivity index (χ4n) is 4.34. The Morgan fingerprint density at radius 2 is 1.96 bits per heavy atom. The Labute approximate surface area is 165 Å². The molecule has 4 rings (SSSR count). The van der Waals surface area contributed by atoms with Crippen LogP contribution < -0.4 is 5.32 Å². The third kappa shape index (κ3) is 4.82. The maximum absolute atomic E-state index is 12.3. The van der Waals surface area contributed by atoms with Crippen LogP contribution in [0, 0.1) is 5.92 Å². The van der Waals surface area contributed by atoms with E-state index in [0.29, 0.717) is 23.4 Å². The van der Waals surface area contributed by atoms with E-state index in [1.807, 2.05) is 18.2 Å². The molecule has 0 atom stereocenters. The van der Waals surface area contributed by atoms with Gasteiger partial charge in [-0.3, -0.25) is 9.69 Å². The molecule has 0 bridgehead atoms. The van der Waals surface area contributed by atoms with E-state index >= 15 is 0 Å². The molecule has 1 saturated carbocycles. The van der Waals surface area contributed by atoms with E-state index in [0.717, 1.165) is 49.5 Å². The first-order valence-electron chi connectivity index (χ1n) is 10.2. The Kier molecular flexibility index (Phi) is 5.98. The van der Waals surface area contributed by atoms with E-state index < -0.39 is 0 Å². The fraction of sp³-hybridized carbons (Fsp3) is 0.619. The molecule has 0 spiro atoms. The van der Waals surface area contributed by atoms with E-state index in [2.05, 4.69) is 15.2 Å². The second-order valence-electron chi connectivity index (χ2n) is 8.02. The van der Waals surface area contributed by atoms with Crippen molar-refractivity contribution in [1.82, 2.24) is 15.2 Å². The lowest BCUT2D eigenvalue weighted by Crippen LogP contribution is -2.42. The highest BCUT2D eigenvalue weighted by atomic mass is 35.5. The number of carbonyl (C=O) groups is 1. The van der Waals surface area contributed by atoms with Crippen molar-refractivity contribution in [3.05, 3.63) is 29.1 Å². The van der Waals surface area contributed by atoms with Gasteiger partial charge in [0, 0.05) is 17.5 Å². The molecule has 146 valence electrons. The number of halogens is 1. The monoisotopic (exact) mass is 389 g/mol. The topological polar surface area (TPSA) is 58.4 Å². The minimum Gasteiger partial charge on any atom is -0.440 e. The number of fused-ring (bicyclic) bond motifs is 1. The van der Waals surface area contributed by atoms with Crippen LogP contribution in [-0.2, 0) is 4.79 Å². The van der Waals surface area contributed by atoms with E-state index in [1.165, 1.54) is 32.1 Å². The average Bonchev–Trinajstić information content (AvgIpc) is 3.11. The molecule has 5 nitrogen and oxygen atoms in total. The summed E-state index contributed by atoms with van der Waals surface area (Å²) in [5.74, 6) is 1.96. The molecule has 1 aliphatic heterocycles. The van der Waals surface area contributed by atoms with Crippen molar-refractivity contribution in [2.75, 3.05) is 26.2 Å². The Bertz CT molecular complexity index is 777. The van der Waals surface area contributed by atoms with Gasteiger partial charge in [0.05, 0.1) is 6.54 Å². The number of piperidine rings is 1. The van der Waals surface area contributed by atoms with Gasteiger partial charge in [0.15, 0.2) is 11.5 Å². The molecule has 0 unspecified atom stereocenters. The van der Waals surface area contributed by atoms with Crippen molar-refractivity contribution in [3.8, 4) is 0 Å². The molecule has 1 saturated heterocycles. The highest BCUT2D eigenvalue weighted by molar-refractivity contribution is 6.31. The van der Waals surface area contributed by atoms with Crippen molar-refractivity contribution < 1.29 is 9.21 Å². The summed E-state index contributed by atoms with van der Waals surface area (Å²) in [6.45, 7) is 3.16. The molecule has 1 N–H and O–H groups in total. The zero-order valence-corrected chi connectivity index (χ0v) is 16.5. The number of carbonyl (C=O) groups excluding carboxylic acids is 1. The summed E-state index contributed by atoms with van der Waals surface area (Å²) in [5.41, 5.74) is 1.61. The smallest absolute Gasteiger partial charge is 0.234 e. The minimum atomic E-state index is 0.163. The number of oxazole rings is 1. The Hall–Kier alpha value is -1.59. The van der Waals surface area contributed by atoms with Crippen LogP contribution in [0.4, 0.5) is 0 Å². The molecule has 1 aromatic carbocycles. The number of rotatable bonds is 5. The molecular formula is C21H28ClN3O2. The third-order valence-electron chi connectivity index (χ3n) is 5.98. The molecule has 27 heavy (non-hydrogen) atoms. The van der Waals surface area contributed by atoms with Crippen LogP contribution in [0.15, 0.2) is 22.6 Å². The minimum absolute atomic E-state index is 0.163. The highest BCUT2D eigenvalue weighted by Gasteiger charge is 2.26. The van der Waals surface area contributed by atoms with Crippen LogP contribution in [0.5, 0.6) is 0 Å². The lowest BCUT2D eigenvalue weighted by atomic mass is 9.89. The van der Waals surface area contributed by atoms with E-state index in [1.54, 1.807) is 0 Å². The first-order chi connectivity index (χ1) is 13.2. The fourth-order valence-corrected chi connectivity index (χ4v) is 4.51. The predicted molar refractivity (Wildman–Crippen MR) is 107 cm³/mol. The predicted octanol–water partition coefficient (Wildman–Crippen LogP) is 4.36. The summed E-state index contributed by atoms with van der Waals surface area (Å²) in [5, 5.41) is 3.82. The van der Waals surface area contributed by atoms with Crippen molar-refractivity contribution in [2.24, 2.45) is 5.92 Å². The normalized spacial score (nSPS) is 20.2. The molecule has 1 amide bonds. The molecule has 1 aliphatic carbocycles. The summed E-state index contributed by atoms with van der Waals surface area (Å²) in [7, 11) is 0. The van der Waals surface area contributed by atoms with Crippen molar-refractivity contribution >= 4 is 28.6 Å². The maximum atomic E-state index is 12.3. The molecule has 2 aliphatic rings. The van der Waals surface area contributed by atoms with Gasteiger partial charge in [0.25, 0.3) is 0 Å². The second kappa shape index (κ2) is 8.61. The number of hydrogen-bond donors (Lipinski definition) is 1. The summed E-state index contributed by atoms with van der Waals surface area (Å²) in [6.07, 6.45) is 8.45. The number of hydrogen-bond acceptors (Lipinski definition) is 4. The van der Waals surface area contributed by atoms with Gasteiger partial charge in [-0.15, -0.1) is 0 Å². The van der Waals surface area contributed by atoms with Crippen LogP contribution in [0.2, 0.25) is 5.02 Å². The van der Waals surface area contributed by atoms with Gasteiger partial charge in [-0.05, 0) is 62.9 Å². The zero-order chi connectivity index (χ0) is 18.6. The van der Waals surface area contributed by atoms with Gasteiger partial charge in [-0.2, -0.15) is 0 Å². The van der Waals surface area contributed by atoms with Gasteiger partial charge in [-0.1, -0.05) is 30.9 Å². The molecular weight excluding hydrogens is 362 g/mol. The summed E-state index contributed by atoms with van der Waals surface area (Å²) in [4.78, 5) is 19.1. The Balaban J connectivity index is 1.23. The standard InChI is InChI=1S/C21H28ClN3O2/c22-17-6-7-19-18(12-17)24-21(27-19)16-8-10-25(11-9-16)14-20(26)23-13-15-4-2-1-3-5-15/h6-7,12,15-16H,1-5,8-11,13-14H2,(H,23,26). The number of nitrogens with one attached hydrogen (secondary N) is 1. The van der Waals surface area contributed by atoms with E-state index in [9.17, 15) is 4.79 Å². The average molecular weight is 390 g/mol. The Morgan fingerprint density at radius 1 is 1.19 bits per heavy atom. The molecule has 1 aromatic heterocycles. The number of likely N-dealkylation sites (tertiary alicyclic amines) is 1. The molecule has 0 radical (unpaired) electrons. The van der Waals surface area contributed by atoms with Crippen molar-refractivity contribution in [2.45, 2.75) is 50.9 Å². The summed E-state index contributed by atoms with van der Waals surface area (Å²) >= 11 is 6.03. The first-order valence-corrected chi connectivity index (χ1v) is 10.6. The van der Waals surface area contributed by atoms with Crippen LogP contribution in [0.3, 0.4) is 0 Å². The van der Waals surface area contributed by atoms with E-state index in [-0.39, 0.29) is 5.91 Å². The van der Waals surface area contributed by atoms with Gasteiger partial charge >= 0.3 is 0 Å². The maximum Gasteiger partial charge on any atom is 0.234 e. The summed E-state index contributed by atoms with van der Waals surface area (Å²) < 4.78 is 5.92. The lowest BCUT2D eigenvalue weighted by Gasteiger charge is -2.30. The zero-order valence-electron chi connectivity index (χ0n) is 15.8. The van der Waals surface area contributed by atoms with Crippen LogP contribution in [0.1, 0.15) is 56.8 Å². The molecule has 2 heterocycles. The van der Waals surface area contributed by atoms with Crippen molar-refractivity contribution in [3.63, 3.8) is 0 Å². The second-order valence-corrected chi connectivity index (χ2v) is 8.46. The number of nitrogens with zero attached hydrogens (tertiary/aromatic N) is 2. The summed E-state index contributed by atoms with van der Waals surface area (Å²) in [6, 6.07) is 5.54. The van der Waals surface area contributed by atoms with Crippen LogP contribution in [0.25, 0.3) is 11.1 Å². The number of amides is 1. The number of benzene rings is 1. The largest absolute Gasteiger partial charge is 0.440 e. The molecule has 2 aromatic rings. The van der Waals surface area contributed by atoms with Gasteiger partial charge in [0.1, 0.15) is 5.52 Å². The number of aromatic nitrogens is 1. The van der Waals surface area contributed by atoms with Crippen molar-refractivity contribution in [1.29, 1.82) is 0 Å². The molecule has 6 heteroatoms. The van der Waals surface area contributed by atoms with Crippen LogP contribution >= 0.6 is 11.6 Å².